The number of benzene rings is 1. The number of amides is 1. The molecule has 0 bridgehead atoms. The number of nitro groups is 1. The van der Waals surface area contributed by atoms with E-state index in [1.54, 1.807) is 4.90 Å². The summed E-state index contributed by atoms with van der Waals surface area (Å²) < 4.78 is 13.4. The van der Waals surface area contributed by atoms with E-state index in [9.17, 15) is 19.3 Å². The number of hydrogen-bond acceptors (Lipinski definition) is 4. The third-order valence-electron chi connectivity index (χ3n) is 3.73. The second-order valence-corrected chi connectivity index (χ2v) is 5.07. The highest BCUT2D eigenvalue weighted by atomic mass is 19.1. The lowest BCUT2D eigenvalue weighted by molar-refractivity contribution is -0.384. The molecule has 0 aromatic heterocycles. The van der Waals surface area contributed by atoms with E-state index in [1.807, 2.05) is 6.92 Å². The summed E-state index contributed by atoms with van der Waals surface area (Å²) in [5.41, 5.74) is 5.35. The van der Waals surface area contributed by atoms with Crippen molar-refractivity contribution in [2.75, 3.05) is 11.4 Å². The first kappa shape index (κ1) is 14.2. The van der Waals surface area contributed by atoms with Crippen LogP contribution in [0.15, 0.2) is 18.2 Å². The minimum absolute atomic E-state index is 0.00824. The summed E-state index contributed by atoms with van der Waals surface area (Å²) in [6.07, 6.45) is 1.33. The lowest BCUT2D eigenvalue weighted by Crippen LogP contribution is -2.46. The van der Waals surface area contributed by atoms with Crippen LogP contribution in [0, 0.1) is 21.8 Å². The van der Waals surface area contributed by atoms with E-state index in [4.69, 9.17) is 5.73 Å². The van der Waals surface area contributed by atoms with Crippen molar-refractivity contribution in [1.82, 2.24) is 0 Å². The van der Waals surface area contributed by atoms with Crippen molar-refractivity contribution in [2.45, 2.75) is 25.8 Å². The number of nitro benzene ring substituents is 1. The van der Waals surface area contributed by atoms with Crippen LogP contribution >= 0.6 is 0 Å². The van der Waals surface area contributed by atoms with Crippen molar-refractivity contribution in [2.24, 2.45) is 11.7 Å². The Bertz CT molecular complexity index is 550. The van der Waals surface area contributed by atoms with Gasteiger partial charge in [0.25, 0.3) is 5.69 Å². The fourth-order valence-corrected chi connectivity index (χ4v) is 2.56. The Kier molecular flexibility index (Phi) is 3.87. The Morgan fingerprint density at radius 3 is 2.80 bits per heavy atom. The first-order valence-electron chi connectivity index (χ1n) is 6.40. The molecule has 2 atom stereocenters. The van der Waals surface area contributed by atoms with E-state index in [-0.39, 0.29) is 29.9 Å². The van der Waals surface area contributed by atoms with Gasteiger partial charge in [-0.3, -0.25) is 14.9 Å². The first-order valence-corrected chi connectivity index (χ1v) is 6.40. The fourth-order valence-electron chi connectivity index (χ4n) is 2.56. The Balaban J connectivity index is 2.40. The Hall–Kier alpha value is -2.18. The number of primary amides is 1. The summed E-state index contributed by atoms with van der Waals surface area (Å²) in [6, 6.07) is 3.33. The normalized spacial score (nSPS) is 22.6. The van der Waals surface area contributed by atoms with Gasteiger partial charge in [0.1, 0.15) is 11.5 Å². The number of carbonyl (C=O) groups is 1. The highest BCUT2D eigenvalue weighted by Gasteiger charge is 2.32. The Labute approximate surface area is 115 Å². The summed E-state index contributed by atoms with van der Waals surface area (Å²) in [5, 5.41) is 11.1. The van der Waals surface area contributed by atoms with Crippen molar-refractivity contribution in [1.29, 1.82) is 0 Å². The number of hydrogen-bond donors (Lipinski definition) is 1. The molecule has 1 amide bonds. The molecule has 1 aromatic rings. The highest BCUT2D eigenvalue weighted by molar-refractivity contribution is 5.78. The zero-order valence-corrected chi connectivity index (χ0v) is 11.1. The van der Waals surface area contributed by atoms with Crippen LogP contribution in [0.4, 0.5) is 15.8 Å². The molecule has 2 N–H and O–H groups in total. The molecule has 0 aliphatic carbocycles. The standard InChI is InChI=1S/C13H16FN3O3/c1-8-2-3-9(13(15)18)7-16(8)12-6-10(14)4-5-11(12)17(19)20/h4-6,8-9H,2-3,7H2,1H3,(H2,15,18). The van der Waals surface area contributed by atoms with Crippen molar-refractivity contribution in [3.8, 4) is 0 Å². The van der Waals surface area contributed by atoms with E-state index < -0.39 is 16.6 Å². The monoisotopic (exact) mass is 281 g/mol. The maximum absolute atomic E-state index is 13.4. The molecule has 1 heterocycles. The van der Waals surface area contributed by atoms with E-state index in [0.29, 0.717) is 12.8 Å². The molecule has 108 valence electrons. The lowest BCUT2D eigenvalue weighted by atomic mass is 9.92. The third-order valence-corrected chi connectivity index (χ3v) is 3.73. The van der Waals surface area contributed by atoms with Crippen molar-refractivity contribution in [3.05, 3.63) is 34.1 Å². The minimum atomic E-state index is -0.546. The number of halogens is 1. The molecule has 0 saturated carbocycles. The molecule has 1 saturated heterocycles. The molecule has 1 aliphatic rings. The van der Waals surface area contributed by atoms with Crippen LogP contribution < -0.4 is 10.6 Å². The van der Waals surface area contributed by atoms with Gasteiger partial charge in [-0.2, -0.15) is 0 Å². The zero-order chi connectivity index (χ0) is 14.9. The number of anilines is 1. The summed E-state index contributed by atoms with van der Waals surface area (Å²) in [5.74, 6) is -1.34. The molecule has 6 nitrogen and oxygen atoms in total. The van der Waals surface area contributed by atoms with Crippen molar-refractivity contribution >= 4 is 17.3 Å². The van der Waals surface area contributed by atoms with E-state index in [0.717, 1.165) is 18.2 Å². The van der Waals surface area contributed by atoms with Gasteiger partial charge in [0, 0.05) is 24.7 Å². The third kappa shape index (κ3) is 2.71. The number of nitrogens with zero attached hydrogens (tertiary/aromatic N) is 2. The molecule has 0 spiro atoms. The van der Waals surface area contributed by atoms with Gasteiger partial charge in [0.2, 0.25) is 5.91 Å². The molecule has 2 rings (SSSR count). The summed E-state index contributed by atoms with van der Waals surface area (Å²) in [7, 11) is 0. The van der Waals surface area contributed by atoms with Gasteiger partial charge in [0.15, 0.2) is 0 Å². The highest BCUT2D eigenvalue weighted by Crippen LogP contribution is 2.34. The SMILES string of the molecule is CC1CCC(C(N)=O)CN1c1cc(F)ccc1[N+](=O)[O-]. The molecular weight excluding hydrogens is 265 g/mol. The largest absolute Gasteiger partial charge is 0.369 e. The van der Waals surface area contributed by atoms with Crippen LogP contribution in [0.1, 0.15) is 19.8 Å². The Morgan fingerprint density at radius 1 is 1.50 bits per heavy atom. The summed E-state index contributed by atoms with van der Waals surface area (Å²) in [4.78, 5) is 23.5. The number of carbonyl (C=O) groups excluding carboxylic acids is 1. The maximum Gasteiger partial charge on any atom is 0.292 e. The van der Waals surface area contributed by atoms with Crippen LogP contribution in [-0.2, 0) is 4.79 Å². The van der Waals surface area contributed by atoms with E-state index in [1.165, 1.54) is 0 Å². The summed E-state index contributed by atoms with van der Waals surface area (Å²) >= 11 is 0. The number of rotatable bonds is 3. The van der Waals surface area contributed by atoms with Gasteiger partial charge >= 0.3 is 0 Å². The quantitative estimate of drug-likeness (QED) is 0.676. The van der Waals surface area contributed by atoms with Gasteiger partial charge in [-0.15, -0.1) is 0 Å². The first-order chi connectivity index (χ1) is 9.40. The molecule has 0 radical (unpaired) electrons. The smallest absolute Gasteiger partial charge is 0.292 e. The molecule has 1 aliphatic heterocycles. The second-order valence-electron chi connectivity index (χ2n) is 5.07. The Morgan fingerprint density at radius 2 is 2.20 bits per heavy atom. The van der Waals surface area contributed by atoms with Crippen LogP contribution in [0.25, 0.3) is 0 Å². The van der Waals surface area contributed by atoms with Gasteiger partial charge in [0.05, 0.1) is 10.8 Å². The lowest BCUT2D eigenvalue weighted by Gasteiger charge is -2.38. The molecule has 2 unspecified atom stereocenters. The number of piperidine rings is 1. The molecule has 20 heavy (non-hydrogen) atoms. The van der Waals surface area contributed by atoms with Gasteiger partial charge in [-0.25, -0.2) is 4.39 Å². The van der Waals surface area contributed by atoms with Crippen LogP contribution in [0.2, 0.25) is 0 Å². The summed E-state index contributed by atoms with van der Waals surface area (Å²) in [6.45, 7) is 2.17. The predicted molar refractivity (Wildman–Crippen MR) is 71.8 cm³/mol. The fraction of sp³-hybridized carbons (Fsp3) is 0.462. The molecule has 1 aromatic carbocycles. The zero-order valence-electron chi connectivity index (χ0n) is 11.1. The van der Waals surface area contributed by atoms with Gasteiger partial charge in [-0.05, 0) is 25.8 Å². The molecule has 1 fully saturated rings. The van der Waals surface area contributed by atoms with Gasteiger partial charge in [-0.1, -0.05) is 0 Å². The van der Waals surface area contributed by atoms with Crippen LogP contribution in [-0.4, -0.2) is 23.4 Å². The van der Waals surface area contributed by atoms with Crippen molar-refractivity contribution < 1.29 is 14.1 Å². The minimum Gasteiger partial charge on any atom is -0.369 e. The van der Waals surface area contributed by atoms with Gasteiger partial charge < -0.3 is 10.6 Å². The predicted octanol–water partition coefficient (Wildman–Crippen LogP) is 1.82. The van der Waals surface area contributed by atoms with E-state index in [2.05, 4.69) is 0 Å². The number of nitrogens with two attached hydrogens (primary N) is 1. The van der Waals surface area contributed by atoms with E-state index >= 15 is 0 Å². The second kappa shape index (κ2) is 5.44. The molecular formula is C13H16FN3O3. The van der Waals surface area contributed by atoms with Crippen molar-refractivity contribution in [3.63, 3.8) is 0 Å². The van der Waals surface area contributed by atoms with Crippen LogP contribution in [0.3, 0.4) is 0 Å². The average Bonchev–Trinajstić information content (AvgIpc) is 2.38. The average molecular weight is 281 g/mol. The topological polar surface area (TPSA) is 89.5 Å². The molecule has 7 heteroatoms. The van der Waals surface area contributed by atoms with Crippen LogP contribution in [0.5, 0.6) is 0 Å². The maximum atomic E-state index is 13.4.